The van der Waals surface area contributed by atoms with E-state index < -0.39 is 0 Å². The van der Waals surface area contributed by atoms with E-state index in [9.17, 15) is 0 Å². The van der Waals surface area contributed by atoms with Crippen molar-refractivity contribution in [2.45, 2.75) is 13.5 Å². The fourth-order valence-electron chi connectivity index (χ4n) is 1.40. The highest BCUT2D eigenvalue weighted by atomic mass is 79.9. The summed E-state index contributed by atoms with van der Waals surface area (Å²) in [6, 6.07) is 5.65. The maximum atomic E-state index is 5.42. The van der Waals surface area contributed by atoms with E-state index in [-0.39, 0.29) is 0 Å². The standard InChI is InChI=1S/C12H13BrN2O2/c1-2-16-12-10(4-3-6-14-12)15-8-11-9(13)5-7-17-11/h3-7,15H,2,8H2,1H3. The number of nitrogens with one attached hydrogen (secondary N) is 1. The van der Waals surface area contributed by atoms with Gasteiger partial charge in [-0.3, -0.25) is 0 Å². The first-order valence-electron chi connectivity index (χ1n) is 5.34. The Balaban J connectivity index is 2.06. The molecule has 90 valence electrons. The van der Waals surface area contributed by atoms with E-state index >= 15 is 0 Å². The van der Waals surface area contributed by atoms with Crippen LogP contribution in [-0.2, 0) is 6.54 Å². The summed E-state index contributed by atoms with van der Waals surface area (Å²) in [7, 11) is 0. The van der Waals surface area contributed by atoms with Crippen LogP contribution >= 0.6 is 15.9 Å². The zero-order valence-corrected chi connectivity index (χ0v) is 11.0. The van der Waals surface area contributed by atoms with Crippen LogP contribution in [0.4, 0.5) is 5.69 Å². The first kappa shape index (κ1) is 12.0. The van der Waals surface area contributed by atoms with Crippen LogP contribution in [0.25, 0.3) is 0 Å². The van der Waals surface area contributed by atoms with Crippen molar-refractivity contribution in [1.82, 2.24) is 4.98 Å². The summed E-state index contributed by atoms with van der Waals surface area (Å²) in [4.78, 5) is 4.16. The van der Waals surface area contributed by atoms with Crippen molar-refractivity contribution in [1.29, 1.82) is 0 Å². The lowest BCUT2D eigenvalue weighted by Gasteiger charge is -2.09. The summed E-state index contributed by atoms with van der Waals surface area (Å²) >= 11 is 3.41. The Bertz CT molecular complexity index is 485. The second-order valence-corrected chi connectivity index (χ2v) is 4.19. The third-order valence-corrected chi connectivity index (χ3v) is 2.89. The fraction of sp³-hybridized carbons (Fsp3) is 0.250. The predicted molar refractivity (Wildman–Crippen MR) is 69.1 cm³/mol. The van der Waals surface area contributed by atoms with Crippen LogP contribution in [0.1, 0.15) is 12.7 Å². The molecule has 2 heterocycles. The van der Waals surface area contributed by atoms with Crippen molar-refractivity contribution < 1.29 is 9.15 Å². The maximum Gasteiger partial charge on any atom is 0.237 e. The zero-order valence-electron chi connectivity index (χ0n) is 9.44. The first-order valence-corrected chi connectivity index (χ1v) is 6.14. The molecule has 0 aliphatic rings. The monoisotopic (exact) mass is 296 g/mol. The van der Waals surface area contributed by atoms with Crippen LogP contribution in [0.5, 0.6) is 5.88 Å². The van der Waals surface area contributed by atoms with Crippen LogP contribution in [0.3, 0.4) is 0 Å². The molecule has 0 aliphatic carbocycles. The van der Waals surface area contributed by atoms with Gasteiger partial charge in [-0.1, -0.05) is 0 Å². The summed E-state index contributed by atoms with van der Waals surface area (Å²) in [5.74, 6) is 1.45. The highest BCUT2D eigenvalue weighted by Crippen LogP contribution is 2.23. The zero-order chi connectivity index (χ0) is 12.1. The van der Waals surface area contributed by atoms with Gasteiger partial charge in [0.05, 0.1) is 29.6 Å². The lowest BCUT2D eigenvalue weighted by molar-refractivity contribution is 0.328. The van der Waals surface area contributed by atoms with Crippen molar-refractivity contribution in [3.05, 3.63) is 40.9 Å². The van der Waals surface area contributed by atoms with Gasteiger partial charge in [0.1, 0.15) is 5.76 Å². The van der Waals surface area contributed by atoms with E-state index in [4.69, 9.17) is 9.15 Å². The Hall–Kier alpha value is -1.49. The highest BCUT2D eigenvalue weighted by molar-refractivity contribution is 9.10. The molecule has 2 rings (SSSR count). The molecule has 0 saturated heterocycles. The van der Waals surface area contributed by atoms with Crippen LogP contribution in [0.15, 0.2) is 39.5 Å². The lowest BCUT2D eigenvalue weighted by atomic mass is 10.3. The third-order valence-electron chi connectivity index (χ3n) is 2.18. The molecule has 0 unspecified atom stereocenters. The van der Waals surface area contributed by atoms with E-state index in [0.29, 0.717) is 19.0 Å². The van der Waals surface area contributed by atoms with Gasteiger partial charge in [-0.2, -0.15) is 0 Å². The van der Waals surface area contributed by atoms with Gasteiger partial charge in [0.15, 0.2) is 0 Å². The van der Waals surface area contributed by atoms with Gasteiger partial charge >= 0.3 is 0 Å². The van der Waals surface area contributed by atoms with Crippen molar-refractivity contribution in [3.63, 3.8) is 0 Å². The largest absolute Gasteiger partial charge is 0.476 e. The van der Waals surface area contributed by atoms with Crippen LogP contribution in [-0.4, -0.2) is 11.6 Å². The van der Waals surface area contributed by atoms with Gasteiger partial charge in [-0.05, 0) is 41.1 Å². The average molecular weight is 297 g/mol. The molecular formula is C12H13BrN2O2. The predicted octanol–water partition coefficient (Wildman–Crippen LogP) is 3.45. The number of ether oxygens (including phenoxy) is 1. The van der Waals surface area contributed by atoms with E-state index in [1.54, 1.807) is 12.5 Å². The average Bonchev–Trinajstić information content (AvgIpc) is 2.74. The second-order valence-electron chi connectivity index (χ2n) is 3.33. The van der Waals surface area contributed by atoms with Gasteiger partial charge in [-0.25, -0.2) is 4.98 Å². The Morgan fingerprint density at radius 3 is 3.06 bits per heavy atom. The molecule has 0 aliphatic heterocycles. The molecule has 0 fully saturated rings. The molecule has 0 amide bonds. The van der Waals surface area contributed by atoms with Gasteiger partial charge in [-0.15, -0.1) is 0 Å². The molecule has 5 heteroatoms. The fourth-order valence-corrected chi connectivity index (χ4v) is 1.75. The third kappa shape index (κ3) is 3.00. The van der Waals surface area contributed by atoms with Crippen LogP contribution < -0.4 is 10.1 Å². The van der Waals surface area contributed by atoms with Crippen molar-refractivity contribution in [2.75, 3.05) is 11.9 Å². The topological polar surface area (TPSA) is 47.3 Å². The van der Waals surface area contributed by atoms with E-state index in [2.05, 4.69) is 26.2 Å². The molecule has 0 spiro atoms. The number of rotatable bonds is 5. The molecule has 0 bridgehead atoms. The molecule has 0 atom stereocenters. The van der Waals surface area contributed by atoms with Crippen molar-refractivity contribution in [2.24, 2.45) is 0 Å². The summed E-state index contributed by atoms with van der Waals surface area (Å²) in [5.41, 5.74) is 0.859. The van der Waals surface area contributed by atoms with Crippen molar-refractivity contribution >= 4 is 21.6 Å². The molecule has 1 N–H and O–H groups in total. The SMILES string of the molecule is CCOc1ncccc1NCc1occc1Br. The Kier molecular flexibility index (Phi) is 4.03. The smallest absolute Gasteiger partial charge is 0.237 e. The number of halogens is 1. The molecule has 0 saturated carbocycles. The number of furan rings is 1. The number of hydrogen-bond acceptors (Lipinski definition) is 4. The van der Waals surface area contributed by atoms with Gasteiger partial charge in [0.25, 0.3) is 0 Å². The van der Waals surface area contributed by atoms with Crippen molar-refractivity contribution in [3.8, 4) is 5.88 Å². The Morgan fingerprint density at radius 1 is 1.47 bits per heavy atom. The van der Waals surface area contributed by atoms with E-state index in [0.717, 1.165) is 15.9 Å². The molecule has 0 aromatic carbocycles. The molecule has 2 aromatic rings. The lowest BCUT2D eigenvalue weighted by Crippen LogP contribution is -2.03. The highest BCUT2D eigenvalue weighted by Gasteiger charge is 2.06. The number of anilines is 1. The van der Waals surface area contributed by atoms with Crippen LogP contribution in [0.2, 0.25) is 0 Å². The maximum absolute atomic E-state index is 5.42. The molecule has 2 aromatic heterocycles. The summed E-state index contributed by atoms with van der Waals surface area (Å²) < 4.78 is 11.7. The summed E-state index contributed by atoms with van der Waals surface area (Å²) in [5, 5.41) is 3.23. The number of nitrogens with zero attached hydrogens (tertiary/aromatic N) is 1. The number of pyridine rings is 1. The summed E-state index contributed by atoms with van der Waals surface area (Å²) in [6.45, 7) is 3.11. The quantitative estimate of drug-likeness (QED) is 0.918. The molecular weight excluding hydrogens is 284 g/mol. The van der Waals surface area contributed by atoms with E-state index in [1.807, 2.05) is 25.1 Å². The molecule has 17 heavy (non-hydrogen) atoms. The first-order chi connectivity index (χ1) is 8.31. The summed E-state index contributed by atoms with van der Waals surface area (Å²) in [6.07, 6.45) is 3.35. The minimum Gasteiger partial charge on any atom is -0.476 e. The number of hydrogen-bond donors (Lipinski definition) is 1. The van der Waals surface area contributed by atoms with Gasteiger partial charge < -0.3 is 14.5 Å². The molecule has 0 radical (unpaired) electrons. The Labute approximate surface area is 108 Å². The minimum absolute atomic E-state index is 0.583. The second kappa shape index (κ2) is 5.72. The van der Waals surface area contributed by atoms with E-state index in [1.165, 1.54) is 0 Å². The number of aromatic nitrogens is 1. The van der Waals surface area contributed by atoms with Crippen LogP contribution in [0, 0.1) is 0 Å². The Morgan fingerprint density at radius 2 is 2.35 bits per heavy atom. The van der Waals surface area contributed by atoms with Gasteiger partial charge in [0.2, 0.25) is 5.88 Å². The van der Waals surface area contributed by atoms with Gasteiger partial charge in [0, 0.05) is 6.20 Å². The molecule has 4 nitrogen and oxygen atoms in total. The minimum atomic E-state index is 0.583. The normalized spacial score (nSPS) is 10.2.